The molecule has 19 heavy (non-hydrogen) atoms. The second kappa shape index (κ2) is 6.19. The lowest BCUT2D eigenvalue weighted by Gasteiger charge is -2.28. The van der Waals surface area contributed by atoms with Crippen molar-refractivity contribution in [2.75, 3.05) is 26.8 Å². The van der Waals surface area contributed by atoms with E-state index < -0.39 is 10.0 Å². The topological polar surface area (TPSA) is 67.4 Å². The largest absolute Gasteiger partial charge is 0.383 e. The number of thiophene rings is 1. The molecule has 1 aliphatic heterocycles. The fourth-order valence-electron chi connectivity index (χ4n) is 2.22. The van der Waals surface area contributed by atoms with Crippen LogP contribution in [0.25, 0.3) is 0 Å². The lowest BCUT2D eigenvalue weighted by molar-refractivity contribution is 0.122. The molecule has 1 fully saturated rings. The molecule has 0 bridgehead atoms. The van der Waals surface area contributed by atoms with Crippen molar-refractivity contribution in [1.29, 1.82) is 0 Å². The first-order valence-electron chi connectivity index (χ1n) is 5.96. The third-order valence-electron chi connectivity index (χ3n) is 3.17. The standard InChI is InChI=1S/C11H17BrN2O3S2/c1-17-8-11(5-2-6-13-11)7-14-19(15,16)10-4-3-9(12)18-10/h3-4,13-14H,2,5-8H2,1H3. The normalized spacial score (nSPS) is 23.9. The summed E-state index contributed by atoms with van der Waals surface area (Å²) in [7, 11) is -1.81. The molecule has 2 heterocycles. The minimum atomic E-state index is -3.44. The molecule has 0 saturated carbocycles. The molecule has 0 amide bonds. The lowest BCUT2D eigenvalue weighted by Crippen LogP contribution is -2.52. The van der Waals surface area contributed by atoms with Gasteiger partial charge in [0.1, 0.15) is 4.21 Å². The second-order valence-corrected chi connectivity index (χ2v) is 9.08. The quantitative estimate of drug-likeness (QED) is 0.799. The lowest BCUT2D eigenvalue weighted by atomic mass is 9.99. The van der Waals surface area contributed by atoms with Gasteiger partial charge in [-0.2, -0.15) is 0 Å². The maximum atomic E-state index is 12.2. The van der Waals surface area contributed by atoms with Crippen LogP contribution < -0.4 is 10.0 Å². The van der Waals surface area contributed by atoms with Crippen molar-refractivity contribution in [3.63, 3.8) is 0 Å². The third kappa shape index (κ3) is 3.77. The van der Waals surface area contributed by atoms with Gasteiger partial charge in [0.05, 0.1) is 15.9 Å². The monoisotopic (exact) mass is 368 g/mol. The van der Waals surface area contributed by atoms with Crippen LogP contribution in [0.5, 0.6) is 0 Å². The van der Waals surface area contributed by atoms with E-state index in [1.807, 2.05) is 0 Å². The van der Waals surface area contributed by atoms with E-state index in [4.69, 9.17) is 4.74 Å². The number of ether oxygens (including phenoxy) is 1. The van der Waals surface area contributed by atoms with E-state index in [-0.39, 0.29) is 5.54 Å². The molecule has 8 heteroatoms. The van der Waals surface area contributed by atoms with E-state index in [9.17, 15) is 8.42 Å². The van der Waals surface area contributed by atoms with Crippen LogP contribution in [0.1, 0.15) is 12.8 Å². The third-order valence-corrected chi connectivity index (χ3v) is 6.68. The molecule has 0 aromatic carbocycles. The Labute approximate surface area is 125 Å². The predicted octanol–water partition coefficient (Wildman–Crippen LogP) is 1.56. The van der Waals surface area contributed by atoms with Crippen molar-refractivity contribution in [2.24, 2.45) is 0 Å². The highest BCUT2D eigenvalue weighted by Gasteiger charge is 2.35. The molecule has 1 saturated heterocycles. The van der Waals surface area contributed by atoms with E-state index in [0.717, 1.165) is 23.2 Å². The van der Waals surface area contributed by atoms with Gasteiger partial charge in [0, 0.05) is 13.7 Å². The molecule has 0 aliphatic carbocycles. The molecule has 1 atom stereocenters. The Morgan fingerprint density at radius 1 is 1.58 bits per heavy atom. The number of methoxy groups -OCH3 is 1. The Bertz CT molecular complexity index is 524. The van der Waals surface area contributed by atoms with Crippen LogP contribution in [0.2, 0.25) is 0 Å². The summed E-state index contributed by atoms with van der Waals surface area (Å²) < 4.78 is 33.3. The van der Waals surface area contributed by atoms with Crippen molar-refractivity contribution < 1.29 is 13.2 Å². The Hall–Kier alpha value is 0.01000. The maximum Gasteiger partial charge on any atom is 0.250 e. The zero-order valence-electron chi connectivity index (χ0n) is 10.6. The van der Waals surface area contributed by atoms with Gasteiger partial charge >= 0.3 is 0 Å². The molecule has 5 nitrogen and oxygen atoms in total. The summed E-state index contributed by atoms with van der Waals surface area (Å²) in [6.45, 7) is 1.75. The van der Waals surface area contributed by atoms with Crippen LogP contribution in [0.4, 0.5) is 0 Å². The van der Waals surface area contributed by atoms with Crippen LogP contribution in [-0.2, 0) is 14.8 Å². The number of halogens is 1. The molecule has 108 valence electrons. The summed E-state index contributed by atoms with van der Waals surface area (Å²) in [4.78, 5) is 0. The first-order chi connectivity index (χ1) is 8.97. The highest BCUT2D eigenvalue weighted by Crippen LogP contribution is 2.26. The first kappa shape index (κ1) is 15.4. The first-order valence-corrected chi connectivity index (χ1v) is 9.06. The van der Waals surface area contributed by atoms with Crippen molar-refractivity contribution in [2.45, 2.75) is 22.6 Å². The summed E-state index contributed by atoms with van der Waals surface area (Å²) in [5.41, 5.74) is -0.281. The molecule has 0 radical (unpaired) electrons. The van der Waals surface area contributed by atoms with Gasteiger partial charge in [0.2, 0.25) is 10.0 Å². The van der Waals surface area contributed by atoms with Gasteiger partial charge in [-0.1, -0.05) is 0 Å². The van der Waals surface area contributed by atoms with Gasteiger partial charge in [0.25, 0.3) is 0 Å². The minimum Gasteiger partial charge on any atom is -0.383 e. The molecule has 0 spiro atoms. The fourth-order valence-corrected chi connectivity index (χ4v) is 5.40. The fraction of sp³-hybridized carbons (Fsp3) is 0.636. The summed E-state index contributed by atoms with van der Waals surface area (Å²) in [5.74, 6) is 0. The average Bonchev–Trinajstić information content (AvgIpc) is 2.98. The van der Waals surface area contributed by atoms with Crippen molar-refractivity contribution in [3.05, 3.63) is 15.9 Å². The van der Waals surface area contributed by atoms with Gasteiger partial charge in [-0.05, 0) is 47.4 Å². The smallest absolute Gasteiger partial charge is 0.250 e. The van der Waals surface area contributed by atoms with E-state index in [0.29, 0.717) is 17.4 Å². The number of rotatable bonds is 6. The Kier molecular flexibility index (Phi) is 5.02. The Morgan fingerprint density at radius 2 is 2.37 bits per heavy atom. The summed E-state index contributed by atoms with van der Waals surface area (Å²) in [6, 6.07) is 3.33. The molecule has 2 N–H and O–H groups in total. The van der Waals surface area contributed by atoms with Crippen LogP contribution >= 0.6 is 27.3 Å². The minimum absolute atomic E-state index is 0.281. The number of sulfonamides is 1. The average molecular weight is 369 g/mol. The Balaban J connectivity index is 2.04. The second-order valence-electron chi connectivity index (χ2n) is 4.63. The summed E-state index contributed by atoms with van der Waals surface area (Å²) >= 11 is 4.48. The van der Waals surface area contributed by atoms with Crippen LogP contribution in [-0.4, -0.2) is 40.8 Å². The summed E-state index contributed by atoms with van der Waals surface area (Å²) in [6.07, 6.45) is 1.95. The molecule has 1 aliphatic rings. The molecular weight excluding hydrogens is 352 g/mol. The Morgan fingerprint density at radius 3 is 2.89 bits per heavy atom. The van der Waals surface area contributed by atoms with Crippen molar-refractivity contribution in [1.82, 2.24) is 10.0 Å². The number of hydrogen-bond acceptors (Lipinski definition) is 5. The SMILES string of the molecule is COCC1(CNS(=O)(=O)c2ccc(Br)s2)CCCN1. The maximum absolute atomic E-state index is 12.2. The molecule has 1 aromatic rings. The van der Waals surface area contributed by atoms with Crippen LogP contribution in [0, 0.1) is 0 Å². The molecule has 2 rings (SSSR count). The highest BCUT2D eigenvalue weighted by atomic mass is 79.9. The zero-order valence-corrected chi connectivity index (χ0v) is 13.8. The van der Waals surface area contributed by atoms with Crippen molar-refractivity contribution in [3.8, 4) is 0 Å². The van der Waals surface area contributed by atoms with Gasteiger partial charge in [-0.15, -0.1) is 11.3 Å². The van der Waals surface area contributed by atoms with Gasteiger partial charge in [-0.3, -0.25) is 0 Å². The van der Waals surface area contributed by atoms with Gasteiger partial charge in [0.15, 0.2) is 0 Å². The van der Waals surface area contributed by atoms with E-state index >= 15 is 0 Å². The van der Waals surface area contributed by atoms with E-state index in [2.05, 4.69) is 26.0 Å². The molecule has 1 aromatic heterocycles. The van der Waals surface area contributed by atoms with Gasteiger partial charge < -0.3 is 10.1 Å². The summed E-state index contributed by atoms with van der Waals surface area (Å²) in [5, 5.41) is 3.34. The van der Waals surface area contributed by atoms with E-state index in [1.165, 1.54) is 11.3 Å². The highest BCUT2D eigenvalue weighted by molar-refractivity contribution is 9.11. The number of hydrogen-bond donors (Lipinski definition) is 2. The van der Waals surface area contributed by atoms with E-state index in [1.54, 1.807) is 19.2 Å². The zero-order chi connectivity index (χ0) is 13.9. The number of nitrogens with one attached hydrogen (secondary N) is 2. The predicted molar refractivity (Wildman–Crippen MR) is 79.1 cm³/mol. The van der Waals surface area contributed by atoms with Gasteiger partial charge in [-0.25, -0.2) is 13.1 Å². The van der Waals surface area contributed by atoms with Crippen molar-refractivity contribution >= 4 is 37.3 Å². The molecule has 1 unspecified atom stereocenters. The molecular formula is C11H17BrN2O3S2. The van der Waals surface area contributed by atoms with Crippen LogP contribution in [0.3, 0.4) is 0 Å². The van der Waals surface area contributed by atoms with Crippen LogP contribution in [0.15, 0.2) is 20.1 Å².